The molecular weight excluding hydrogens is 486 g/mol. The standard InChI is InChI=1S/C27H31N7O4/c35-17-18-1-5-20(6-2-18)28-27(36)29-21-7-3-19(4-8-21)24-30-25(33-11-13-37-14-12-33)32-26(31-24)34-15-22-9-10-23(16-34)38-22/h1-8,22-23,35H,9-17H2,(H2,28,29,36). The van der Waals surface area contributed by atoms with Gasteiger partial charge in [-0.25, -0.2) is 4.79 Å². The van der Waals surface area contributed by atoms with Gasteiger partial charge >= 0.3 is 6.03 Å². The number of benzene rings is 2. The lowest BCUT2D eigenvalue weighted by Crippen LogP contribution is -2.44. The van der Waals surface area contributed by atoms with Gasteiger partial charge in [0, 0.05) is 43.1 Å². The summed E-state index contributed by atoms with van der Waals surface area (Å²) in [5.41, 5.74) is 2.91. The van der Waals surface area contributed by atoms with Gasteiger partial charge in [-0.3, -0.25) is 0 Å². The molecule has 3 fully saturated rings. The monoisotopic (exact) mass is 517 g/mol. The van der Waals surface area contributed by atoms with Crippen molar-refractivity contribution in [2.45, 2.75) is 31.7 Å². The van der Waals surface area contributed by atoms with Crippen molar-refractivity contribution < 1.29 is 19.4 Å². The number of urea groups is 1. The highest BCUT2D eigenvalue weighted by Crippen LogP contribution is 2.30. The average Bonchev–Trinajstić information content (AvgIpc) is 3.31. The summed E-state index contributed by atoms with van der Waals surface area (Å²) in [5, 5.41) is 14.8. The number of nitrogens with one attached hydrogen (secondary N) is 2. The number of aliphatic hydroxyl groups excluding tert-OH is 1. The molecule has 3 aromatic rings. The summed E-state index contributed by atoms with van der Waals surface area (Å²) >= 11 is 0. The second-order valence-electron chi connectivity index (χ2n) is 9.73. The van der Waals surface area contributed by atoms with Crippen molar-refractivity contribution in [1.29, 1.82) is 0 Å². The Morgan fingerprint density at radius 3 is 2.03 bits per heavy atom. The van der Waals surface area contributed by atoms with E-state index < -0.39 is 0 Å². The zero-order chi connectivity index (χ0) is 25.9. The number of ether oxygens (including phenoxy) is 2. The maximum Gasteiger partial charge on any atom is 0.323 e. The first-order valence-corrected chi connectivity index (χ1v) is 13.0. The van der Waals surface area contributed by atoms with Crippen LogP contribution >= 0.6 is 0 Å². The number of aliphatic hydroxyl groups is 1. The smallest absolute Gasteiger partial charge is 0.323 e. The number of hydrogen-bond donors (Lipinski definition) is 3. The predicted octanol–water partition coefficient (Wildman–Crippen LogP) is 2.88. The van der Waals surface area contributed by atoms with E-state index in [1.807, 2.05) is 24.3 Å². The van der Waals surface area contributed by atoms with Crippen molar-refractivity contribution in [2.75, 3.05) is 59.8 Å². The molecule has 3 saturated heterocycles. The fourth-order valence-corrected chi connectivity index (χ4v) is 5.00. The topological polar surface area (TPSA) is 125 Å². The summed E-state index contributed by atoms with van der Waals surface area (Å²) in [7, 11) is 0. The molecule has 6 rings (SSSR count). The fourth-order valence-electron chi connectivity index (χ4n) is 5.00. The van der Waals surface area contributed by atoms with E-state index in [1.54, 1.807) is 24.3 Å². The van der Waals surface area contributed by atoms with E-state index in [0.29, 0.717) is 42.3 Å². The van der Waals surface area contributed by atoms with Crippen LogP contribution in [0.25, 0.3) is 11.4 Å². The maximum absolute atomic E-state index is 12.5. The first kappa shape index (κ1) is 24.5. The minimum Gasteiger partial charge on any atom is -0.392 e. The van der Waals surface area contributed by atoms with E-state index in [4.69, 9.17) is 29.5 Å². The third-order valence-electron chi connectivity index (χ3n) is 7.03. The van der Waals surface area contributed by atoms with E-state index in [2.05, 4.69) is 20.4 Å². The lowest BCUT2D eigenvalue weighted by molar-refractivity contribution is 0.0299. The van der Waals surface area contributed by atoms with Gasteiger partial charge in [0.1, 0.15) is 0 Å². The number of carbonyl (C=O) groups is 1. The number of carbonyl (C=O) groups excluding carboxylic acids is 1. The minimum absolute atomic E-state index is 0.0388. The molecule has 198 valence electrons. The third kappa shape index (κ3) is 5.54. The number of nitrogens with zero attached hydrogens (tertiary/aromatic N) is 5. The Bertz CT molecular complexity index is 1250. The highest BCUT2D eigenvalue weighted by atomic mass is 16.5. The Morgan fingerprint density at radius 2 is 1.42 bits per heavy atom. The van der Waals surface area contributed by atoms with Crippen molar-refractivity contribution in [3.63, 3.8) is 0 Å². The van der Waals surface area contributed by atoms with E-state index in [-0.39, 0.29) is 24.8 Å². The molecule has 0 aliphatic carbocycles. The molecule has 2 unspecified atom stereocenters. The summed E-state index contributed by atoms with van der Waals surface area (Å²) in [6, 6.07) is 14.1. The minimum atomic E-state index is -0.353. The highest BCUT2D eigenvalue weighted by molar-refractivity contribution is 5.99. The van der Waals surface area contributed by atoms with Gasteiger partial charge in [0.05, 0.1) is 32.0 Å². The van der Waals surface area contributed by atoms with Crippen molar-refractivity contribution in [1.82, 2.24) is 15.0 Å². The lowest BCUT2D eigenvalue weighted by atomic mass is 10.2. The average molecular weight is 518 g/mol. The molecule has 4 heterocycles. The molecule has 3 N–H and O–H groups in total. The van der Waals surface area contributed by atoms with Crippen molar-refractivity contribution in [3.05, 3.63) is 54.1 Å². The number of aromatic nitrogens is 3. The third-order valence-corrected chi connectivity index (χ3v) is 7.03. The molecule has 0 saturated carbocycles. The summed E-state index contributed by atoms with van der Waals surface area (Å²) in [6.45, 7) is 4.28. The molecule has 2 amide bonds. The predicted molar refractivity (Wildman–Crippen MR) is 143 cm³/mol. The summed E-state index contributed by atoms with van der Waals surface area (Å²) < 4.78 is 11.5. The van der Waals surface area contributed by atoms with Gasteiger partial charge in [-0.2, -0.15) is 15.0 Å². The highest BCUT2D eigenvalue weighted by Gasteiger charge is 2.35. The Morgan fingerprint density at radius 1 is 0.842 bits per heavy atom. The van der Waals surface area contributed by atoms with Crippen LogP contribution in [0.5, 0.6) is 0 Å². The Labute approximate surface area is 220 Å². The van der Waals surface area contributed by atoms with E-state index in [1.165, 1.54) is 0 Å². The molecule has 38 heavy (non-hydrogen) atoms. The second-order valence-corrected chi connectivity index (χ2v) is 9.73. The van der Waals surface area contributed by atoms with Gasteiger partial charge in [-0.15, -0.1) is 0 Å². The van der Waals surface area contributed by atoms with Crippen LogP contribution in [0, 0.1) is 0 Å². The normalized spacial score (nSPS) is 20.9. The van der Waals surface area contributed by atoms with Gasteiger partial charge in [0.2, 0.25) is 11.9 Å². The van der Waals surface area contributed by atoms with Crippen LogP contribution in [0.3, 0.4) is 0 Å². The molecular formula is C27H31N7O4. The number of hydrogen-bond acceptors (Lipinski definition) is 9. The first-order valence-electron chi connectivity index (χ1n) is 13.0. The number of rotatable bonds is 6. The van der Waals surface area contributed by atoms with Crippen LogP contribution in [0.15, 0.2) is 48.5 Å². The van der Waals surface area contributed by atoms with Crippen LogP contribution in [0.1, 0.15) is 18.4 Å². The molecule has 11 nitrogen and oxygen atoms in total. The quantitative estimate of drug-likeness (QED) is 0.453. The molecule has 1 aromatic heterocycles. The molecule has 0 spiro atoms. The summed E-state index contributed by atoms with van der Waals surface area (Å²) in [5.74, 6) is 1.92. The van der Waals surface area contributed by atoms with Crippen LogP contribution in [-0.4, -0.2) is 77.7 Å². The molecule has 2 bridgehead atoms. The molecule has 11 heteroatoms. The Hall–Kier alpha value is -3.80. The van der Waals surface area contributed by atoms with Crippen molar-refractivity contribution >= 4 is 29.3 Å². The Kier molecular flexibility index (Phi) is 7.04. The Balaban J connectivity index is 1.20. The van der Waals surface area contributed by atoms with Gasteiger partial charge < -0.3 is 35.0 Å². The van der Waals surface area contributed by atoms with Gasteiger partial charge in [-0.1, -0.05) is 12.1 Å². The second kappa shape index (κ2) is 10.9. The van der Waals surface area contributed by atoms with Crippen molar-refractivity contribution in [3.8, 4) is 11.4 Å². The molecule has 2 atom stereocenters. The molecule has 3 aliphatic rings. The molecule has 2 aromatic carbocycles. The summed E-state index contributed by atoms with van der Waals surface area (Å²) in [4.78, 5) is 31.3. The summed E-state index contributed by atoms with van der Waals surface area (Å²) in [6.07, 6.45) is 2.60. The van der Waals surface area contributed by atoms with Gasteiger partial charge in [0.25, 0.3) is 0 Å². The van der Waals surface area contributed by atoms with Crippen LogP contribution in [0.2, 0.25) is 0 Å². The number of morpholine rings is 2. The largest absolute Gasteiger partial charge is 0.392 e. The SMILES string of the molecule is O=C(Nc1ccc(CO)cc1)Nc1ccc(-c2nc(N3CCOCC3)nc(N3CC4CCC(C3)O4)n2)cc1. The molecule has 0 radical (unpaired) electrons. The molecule has 3 aliphatic heterocycles. The lowest BCUT2D eigenvalue weighted by Gasteiger charge is -2.33. The maximum atomic E-state index is 12.5. The van der Waals surface area contributed by atoms with Crippen LogP contribution < -0.4 is 20.4 Å². The van der Waals surface area contributed by atoms with Crippen LogP contribution in [-0.2, 0) is 16.1 Å². The van der Waals surface area contributed by atoms with E-state index in [9.17, 15) is 4.79 Å². The first-order chi connectivity index (χ1) is 18.6. The van der Waals surface area contributed by atoms with Crippen LogP contribution in [0.4, 0.5) is 28.1 Å². The number of fused-ring (bicyclic) bond motifs is 2. The van der Waals surface area contributed by atoms with Gasteiger partial charge in [0.15, 0.2) is 5.82 Å². The number of anilines is 4. The fraction of sp³-hybridized carbons (Fsp3) is 0.407. The van der Waals surface area contributed by atoms with E-state index >= 15 is 0 Å². The van der Waals surface area contributed by atoms with E-state index in [0.717, 1.165) is 50.1 Å². The zero-order valence-electron chi connectivity index (χ0n) is 21.0. The van der Waals surface area contributed by atoms with Gasteiger partial charge in [-0.05, 0) is 54.8 Å². The van der Waals surface area contributed by atoms with Crippen molar-refractivity contribution in [2.24, 2.45) is 0 Å². The zero-order valence-corrected chi connectivity index (χ0v) is 21.0. The number of amides is 2.